The topological polar surface area (TPSA) is 89.6 Å². The highest BCUT2D eigenvalue weighted by molar-refractivity contribution is 7.09. The fourth-order valence-electron chi connectivity index (χ4n) is 1.79. The van der Waals surface area contributed by atoms with Crippen molar-refractivity contribution in [3.05, 3.63) is 16.1 Å². The summed E-state index contributed by atoms with van der Waals surface area (Å²) in [7, 11) is 0. The predicted molar refractivity (Wildman–Crippen MR) is 88.5 cm³/mol. The van der Waals surface area contributed by atoms with Crippen molar-refractivity contribution in [2.24, 2.45) is 0 Å². The molecule has 8 heteroatoms. The third-order valence-corrected chi connectivity index (χ3v) is 3.92. The molecule has 0 saturated heterocycles. The van der Waals surface area contributed by atoms with Crippen LogP contribution < -0.4 is 10.6 Å². The van der Waals surface area contributed by atoms with Gasteiger partial charge < -0.3 is 20.1 Å². The van der Waals surface area contributed by atoms with Crippen LogP contribution >= 0.6 is 11.3 Å². The average molecular weight is 343 g/mol. The summed E-state index contributed by atoms with van der Waals surface area (Å²) in [4.78, 5) is 27.3. The number of rotatable bonds is 10. The largest absolute Gasteiger partial charge is 0.465 e. The summed E-state index contributed by atoms with van der Waals surface area (Å²) in [6.07, 6.45) is 0.668. The molecule has 2 N–H and O–H groups in total. The number of thiazole rings is 1. The number of urea groups is 1. The molecule has 0 radical (unpaired) electrons. The Morgan fingerprint density at radius 1 is 1.35 bits per heavy atom. The number of carbonyl (C=O) groups excluding carboxylic acids is 2. The molecule has 0 aliphatic rings. The summed E-state index contributed by atoms with van der Waals surface area (Å²) < 4.78 is 10.6. The van der Waals surface area contributed by atoms with Gasteiger partial charge in [-0.25, -0.2) is 9.78 Å². The van der Waals surface area contributed by atoms with Gasteiger partial charge in [-0.15, -0.1) is 11.3 Å². The molecule has 1 aromatic heterocycles. The van der Waals surface area contributed by atoms with E-state index in [4.69, 9.17) is 9.47 Å². The Morgan fingerprint density at radius 3 is 2.83 bits per heavy atom. The summed E-state index contributed by atoms with van der Waals surface area (Å²) in [6.45, 7) is 7.67. The first kappa shape index (κ1) is 19.4. The zero-order valence-electron chi connectivity index (χ0n) is 13.9. The predicted octanol–water partition coefficient (Wildman–Crippen LogP) is 2.04. The van der Waals surface area contributed by atoms with E-state index < -0.39 is 0 Å². The van der Waals surface area contributed by atoms with Crippen molar-refractivity contribution in [2.75, 3.05) is 26.3 Å². The number of hydrogen-bond donors (Lipinski definition) is 2. The molecule has 23 heavy (non-hydrogen) atoms. The average Bonchev–Trinajstić information content (AvgIpc) is 2.96. The van der Waals surface area contributed by atoms with Gasteiger partial charge >= 0.3 is 12.0 Å². The molecule has 1 aromatic rings. The van der Waals surface area contributed by atoms with Crippen LogP contribution in [0.5, 0.6) is 0 Å². The lowest BCUT2D eigenvalue weighted by Gasteiger charge is -2.07. The lowest BCUT2D eigenvalue weighted by Crippen LogP contribution is -2.36. The Kier molecular flexibility index (Phi) is 9.23. The van der Waals surface area contributed by atoms with Gasteiger partial charge in [0.25, 0.3) is 0 Å². The van der Waals surface area contributed by atoms with Crippen LogP contribution in [0, 0.1) is 0 Å². The van der Waals surface area contributed by atoms with Gasteiger partial charge in [-0.1, -0.05) is 0 Å². The van der Waals surface area contributed by atoms with E-state index in [-0.39, 0.29) is 31.1 Å². The van der Waals surface area contributed by atoms with E-state index in [1.807, 2.05) is 26.2 Å². The fourth-order valence-corrected chi connectivity index (χ4v) is 2.62. The molecule has 0 saturated carbocycles. The minimum Gasteiger partial charge on any atom is -0.465 e. The summed E-state index contributed by atoms with van der Waals surface area (Å²) in [6, 6.07) is -0.211. The van der Waals surface area contributed by atoms with Crippen LogP contribution in [-0.4, -0.2) is 43.3 Å². The van der Waals surface area contributed by atoms with Crippen molar-refractivity contribution in [2.45, 2.75) is 39.7 Å². The van der Waals surface area contributed by atoms with Crippen LogP contribution in [0.25, 0.3) is 0 Å². The van der Waals surface area contributed by atoms with Crippen molar-refractivity contribution in [3.8, 4) is 0 Å². The number of nitrogens with zero attached hydrogens (tertiary/aromatic N) is 1. The van der Waals surface area contributed by atoms with Gasteiger partial charge in [0.2, 0.25) is 0 Å². The number of esters is 1. The van der Waals surface area contributed by atoms with Gasteiger partial charge in [-0.3, -0.25) is 4.79 Å². The summed E-state index contributed by atoms with van der Waals surface area (Å²) in [5.74, 6) is -0.316. The zero-order valence-corrected chi connectivity index (χ0v) is 14.7. The number of amides is 2. The number of hydrogen-bond acceptors (Lipinski definition) is 6. The summed E-state index contributed by atoms with van der Waals surface area (Å²) in [5.41, 5.74) is 0.696. The standard InChI is InChI=1S/C15H25N3O4S/c1-4-16-15(20)17-7-6-8-22-13(19)9-12-10-23-14(18-12)11(3)21-5-2/h10-11H,4-9H2,1-3H3,(H2,16,17,20)/t11-/m0/s1. The normalized spacial score (nSPS) is 11.8. The van der Waals surface area contributed by atoms with Gasteiger partial charge in [0.05, 0.1) is 18.7 Å². The maximum atomic E-state index is 11.7. The molecular weight excluding hydrogens is 318 g/mol. The molecule has 0 aliphatic heterocycles. The smallest absolute Gasteiger partial charge is 0.314 e. The Balaban J connectivity index is 2.20. The quantitative estimate of drug-likeness (QED) is 0.501. The van der Waals surface area contributed by atoms with Crippen LogP contribution in [0.1, 0.15) is 44.0 Å². The molecule has 0 aromatic carbocycles. The highest BCUT2D eigenvalue weighted by Gasteiger charge is 2.13. The Labute approximate surface area is 140 Å². The second kappa shape index (κ2) is 11.0. The van der Waals surface area contributed by atoms with E-state index in [1.54, 1.807) is 0 Å². The molecule has 1 rings (SSSR count). The van der Waals surface area contributed by atoms with E-state index in [1.165, 1.54) is 11.3 Å². The van der Waals surface area contributed by atoms with Crippen LogP contribution in [0.2, 0.25) is 0 Å². The Morgan fingerprint density at radius 2 is 2.13 bits per heavy atom. The highest BCUT2D eigenvalue weighted by atomic mass is 32.1. The monoisotopic (exact) mass is 343 g/mol. The van der Waals surface area contributed by atoms with Crippen LogP contribution in [0.15, 0.2) is 5.38 Å². The highest BCUT2D eigenvalue weighted by Crippen LogP contribution is 2.21. The first-order chi connectivity index (χ1) is 11.1. The molecule has 130 valence electrons. The maximum Gasteiger partial charge on any atom is 0.314 e. The lowest BCUT2D eigenvalue weighted by molar-refractivity contribution is -0.142. The minimum atomic E-state index is -0.316. The van der Waals surface area contributed by atoms with Crippen molar-refractivity contribution in [1.82, 2.24) is 15.6 Å². The van der Waals surface area contributed by atoms with Gasteiger partial charge in [-0.05, 0) is 27.2 Å². The SMILES string of the molecule is CCNC(=O)NCCCOC(=O)Cc1csc([C@H](C)OCC)n1. The van der Waals surface area contributed by atoms with Gasteiger partial charge in [-0.2, -0.15) is 0 Å². The molecule has 0 bridgehead atoms. The maximum absolute atomic E-state index is 11.7. The number of ether oxygens (including phenoxy) is 2. The fraction of sp³-hybridized carbons (Fsp3) is 0.667. The number of aromatic nitrogens is 1. The first-order valence-corrected chi connectivity index (χ1v) is 8.68. The molecule has 1 atom stereocenters. The second-order valence-corrected chi connectivity index (χ2v) is 5.70. The van der Waals surface area contributed by atoms with Crippen molar-refractivity contribution in [1.29, 1.82) is 0 Å². The number of nitrogens with one attached hydrogen (secondary N) is 2. The van der Waals surface area contributed by atoms with Crippen molar-refractivity contribution in [3.63, 3.8) is 0 Å². The van der Waals surface area contributed by atoms with Gasteiger partial charge in [0.15, 0.2) is 0 Å². The molecule has 0 fully saturated rings. The van der Waals surface area contributed by atoms with Crippen molar-refractivity contribution >= 4 is 23.3 Å². The Bertz CT molecular complexity index is 493. The van der Waals surface area contributed by atoms with E-state index in [0.717, 1.165) is 5.01 Å². The summed E-state index contributed by atoms with van der Waals surface area (Å²) >= 11 is 1.48. The van der Waals surface area contributed by atoms with Crippen LogP contribution in [0.3, 0.4) is 0 Å². The van der Waals surface area contributed by atoms with Crippen molar-refractivity contribution < 1.29 is 19.1 Å². The van der Waals surface area contributed by atoms with E-state index in [2.05, 4.69) is 15.6 Å². The molecule has 0 unspecified atom stereocenters. The zero-order chi connectivity index (χ0) is 17.1. The molecule has 0 spiro atoms. The van der Waals surface area contributed by atoms with E-state index >= 15 is 0 Å². The van der Waals surface area contributed by atoms with Crippen LogP contribution in [0.4, 0.5) is 4.79 Å². The van der Waals surface area contributed by atoms with E-state index in [0.29, 0.717) is 31.8 Å². The van der Waals surface area contributed by atoms with Gasteiger partial charge in [0, 0.05) is 25.1 Å². The van der Waals surface area contributed by atoms with Gasteiger partial charge in [0.1, 0.15) is 11.1 Å². The molecule has 7 nitrogen and oxygen atoms in total. The molecular formula is C15H25N3O4S. The Hall–Kier alpha value is -1.67. The second-order valence-electron chi connectivity index (χ2n) is 4.81. The molecule has 1 heterocycles. The number of carbonyl (C=O) groups is 2. The molecule has 2 amide bonds. The third kappa shape index (κ3) is 7.94. The first-order valence-electron chi connectivity index (χ1n) is 7.80. The van der Waals surface area contributed by atoms with Crippen LogP contribution in [-0.2, 0) is 20.7 Å². The lowest BCUT2D eigenvalue weighted by atomic mass is 10.3. The summed E-state index contributed by atoms with van der Waals surface area (Å²) in [5, 5.41) is 8.00. The van der Waals surface area contributed by atoms with E-state index in [9.17, 15) is 9.59 Å². The minimum absolute atomic E-state index is 0.0601. The third-order valence-electron chi connectivity index (χ3n) is 2.87. The molecule has 0 aliphatic carbocycles.